The zero-order valence-corrected chi connectivity index (χ0v) is 16.9. The van der Waals surface area contributed by atoms with Crippen molar-refractivity contribution in [3.05, 3.63) is 0 Å². The van der Waals surface area contributed by atoms with Crippen molar-refractivity contribution in [3.63, 3.8) is 0 Å². The van der Waals surface area contributed by atoms with E-state index in [4.69, 9.17) is 30.0 Å². The molecule has 0 aliphatic carbocycles. The third-order valence-electron chi connectivity index (χ3n) is 3.96. The Balaban J connectivity index is -0.000000551. The number of hydrogen-bond acceptors (Lipinski definition) is 2. The Hall–Kier alpha value is -1.46. The molecule has 0 fully saturated rings. The van der Waals surface area contributed by atoms with Crippen LogP contribution in [0.4, 0.5) is 9.59 Å². The summed E-state index contributed by atoms with van der Waals surface area (Å²) in [5, 5.41) is 27.9. The van der Waals surface area contributed by atoms with Crippen molar-refractivity contribution in [2.75, 3.05) is 0 Å². The van der Waals surface area contributed by atoms with Gasteiger partial charge in [0.05, 0.1) is 0 Å². The Kier molecular flexibility index (Phi) is 32.0. The summed E-state index contributed by atoms with van der Waals surface area (Å²) in [4.78, 5) is 17.1. The maximum Gasteiger partial charge on any atom is 0.503 e. The fourth-order valence-corrected chi connectivity index (χ4v) is 2.62. The highest BCUT2D eigenvalue weighted by atomic mass is 16.6. The molecule has 0 heterocycles. The molecule has 6 nitrogen and oxygen atoms in total. The molecule has 0 atom stereocenters. The van der Waals surface area contributed by atoms with Crippen molar-refractivity contribution in [2.24, 2.45) is 0 Å². The zero-order valence-electron chi connectivity index (χ0n) is 16.9. The maximum absolute atomic E-state index is 8.56. The molecule has 0 bridgehead atoms. The second-order valence-electron chi connectivity index (χ2n) is 6.51. The third-order valence-corrected chi connectivity index (χ3v) is 3.96. The Morgan fingerprint density at radius 2 is 0.538 bits per heavy atom. The molecular weight excluding hydrogens is 336 g/mol. The molecule has 0 aliphatic rings. The van der Waals surface area contributed by atoms with Gasteiger partial charge in [0, 0.05) is 0 Å². The van der Waals surface area contributed by atoms with Crippen LogP contribution >= 0.6 is 0 Å². The van der Waals surface area contributed by atoms with E-state index >= 15 is 0 Å². The first-order valence-electron chi connectivity index (χ1n) is 10.2. The number of unbranched alkanes of at least 4 members (excludes halogenated alkanes) is 15. The summed E-state index contributed by atoms with van der Waals surface area (Å²) in [6.45, 7) is 4.59. The van der Waals surface area contributed by atoms with Gasteiger partial charge in [-0.2, -0.15) is 0 Å². The van der Waals surface area contributed by atoms with Crippen LogP contribution in [-0.4, -0.2) is 32.7 Å². The zero-order chi connectivity index (χ0) is 20.5. The predicted molar refractivity (Wildman–Crippen MR) is 107 cm³/mol. The van der Waals surface area contributed by atoms with Crippen molar-refractivity contribution in [2.45, 2.75) is 117 Å². The van der Waals surface area contributed by atoms with Gasteiger partial charge >= 0.3 is 12.3 Å². The smallest absolute Gasteiger partial charge is 0.450 e. The molecule has 0 spiro atoms. The van der Waals surface area contributed by atoms with E-state index in [1.54, 1.807) is 0 Å². The van der Waals surface area contributed by atoms with Gasteiger partial charge in [-0.15, -0.1) is 0 Å². The maximum atomic E-state index is 8.56. The fourth-order valence-electron chi connectivity index (χ4n) is 2.62. The van der Waals surface area contributed by atoms with E-state index in [0.717, 1.165) is 0 Å². The van der Waals surface area contributed by atoms with E-state index in [1.165, 1.54) is 103 Å². The quantitative estimate of drug-likeness (QED) is 0.217. The van der Waals surface area contributed by atoms with E-state index in [9.17, 15) is 0 Å². The van der Waals surface area contributed by atoms with Crippen LogP contribution in [-0.2, 0) is 0 Å². The molecule has 0 saturated heterocycles. The average molecular weight is 379 g/mol. The Labute approximate surface area is 159 Å². The van der Waals surface area contributed by atoms with Crippen LogP contribution in [0.1, 0.15) is 117 Å². The van der Waals surface area contributed by atoms with Crippen molar-refractivity contribution < 1.29 is 30.0 Å². The molecule has 0 aromatic rings. The summed E-state index contributed by atoms with van der Waals surface area (Å²) in [7, 11) is 0. The SMILES string of the molecule is CCCCCCCCCCCCCCCCCC.O=C(O)O.O=C(O)O. The van der Waals surface area contributed by atoms with Crippen molar-refractivity contribution >= 4 is 12.3 Å². The number of hydrogen-bond donors (Lipinski definition) is 4. The number of carboxylic acid groups (broad SMARTS) is 4. The standard InChI is InChI=1S/C18H38.2CH2O3/c1-3-5-7-9-11-13-15-17-18-16-14-12-10-8-6-4-2;2*2-1(3)4/h3-18H2,1-2H3;2*(H2,2,3,4). The minimum Gasteiger partial charge on any atom is -0.450 e. The Morgan fingerprint density at radius 1 is 0.423 bits per heavy atom. The van der Waals surface area contributed by atoms with Crippen LogP contribution in [0.25, 0.3) is 0 Å². The number of rotatable bonds is 15. The lowest BCUT2D eigenvalue weighted by atomic mass is 10.0. The molecule has 0 aliphatic heterocycles. The summed E-state index contributed by atoms with van der Waals surface area (Å²) in [6, 6.07) is 0. The molecule has 158 valence electrons. The average Bonchev–Trinajstić information content (AvgIpc) is 2.54. The molecular formula is C20H42O6. The third kappa shape index (κ3) is 57.0. The summed E-state index contributed by atoms with van der Waals surface area (Å²) in [6.07, 6.45) is 19.7. The molecule has 26 heavy (non-hydrogen) atoms. The monoisotopic (exact) mass is 378 g/mol. The lowest BCUT2D eigenvalue weighted by Gasteiger charge is -2.03. The summed E-state index contributed by atoms with van der Waals surface area (Å²) >= 11 is 0. The minimum atomic E-state index is -1.83. The van der Waals surface area contributed by atoms with Crippen LogP contribution in [0.2, 0.25) is 0 Å². The first-order chi connectivity index (χ1) is 12.4. The Morgan fingerprint density at radius 3 is 0.654 bits per heavy atom. The van der Waals surface area contributed by atoms with Gasteiger partial charge in [0.15, 0.2) is 0 Å². The molecule has 0 rings (SSSR count). The minimum absolute atomic E-state index is 1.37. The highest BCUT2D eigenvalue weighted by molar-refractivity contribution is 5.53. The van der Waals surface area contributed by atoms with Gasteiger partial charge in [0.1, 0.15) is 0 Å². The summed E-state index contributed by atoms with van der Waals surface area (Å²) in [5.41, 5.74) is 0. The van der Waals surface area contributed by atoms with E-state index in [1.807, 2.05) is 0 Å². The van der Waals surface area contributed by atoms with E-state index in [0.29, 0.717) is 0 Å². The van der Waals surface area contributed by atoms with Crippen molar-refractivity contribution in [3.8, 4) is 0 Å². The largest absolute Gasteiger partial charge is 0.503 e. The van der Waals surface area contributed by atoms with Crippen LogP contribution < -0.4 is 0 Å². The lowest BCUT2D eigenvalue weighted by Crippen LogP contribution is -1.83. The second-order valence-corrected chi connectivity index (χ2v) is 6.51. The van der Waals surface area contributed by atoms with Gasteiger partial charge in [0.2, 0.25) is 0 Å². The number of carbonyl (C=O) groups is 2. The summed E-state index contributed by atoms with van der Waals surface area (Å²) < 4.78 is 0. The van der Waals surface area contributed by atoms with Crippen LogP contribution in [0, 0.1) is 0 Å². The van der Waals surface area contributed by atoms with E-state index in [-0.39, 0.29) is 0 Å². The van der Waals surface area contributed by atoms with E-state index < -0.39 is 12.3 Å². The molecule has 0 aromatic carbocycles. The predicted octanol–water partition coefficient (Wildman–Crippen LogP) is 7.71. The highest BCUT2D eigenvalue weighted by Crippen LogP contribution is 2.13. The molecule has 4 N–H and O–H groups in total. The van der Waals surface area contributed by atoms with Gasteiger partial charge in [-0.1, -0.05) is 117 Å². The molecule has 0 aromatic heterocycles. The first kappa shape index (κ1) is 29.3. The van der Waals surface area contributed by atoms with Gasteiger partial charge in [-0.05, 0) is 0 Å². The van der Waals surface area contributed by atoms with Crippen LogP contribution in [0.15, 0.2) is 0 Å². The summed E-state index contributed by atoms with van der Waals surface area (Å²) in [5.74, 6) is 0. The van der Waals surface area contributed by atoms with Crippen LogP contribution in [0.3, 0.4) is 0 Å². The highest BCUT2D eigenvalue weighted by Gasteiger charge is 1.93. The second kappa shape index (κ2) is 28.3. The topological polar surface area (TPSA) is 115 Å². The molecule has 0 radical (unpaired) electrons. The van der Waals surface area contributed by atoms with E-state index in [2.05, 4.69) is 13.8 Å². The van der Waals surface area contributed by atoms with Gasteiger partial charge < -0.3 is 20.4 Å². The molecule has 0 saturated carbocycles. The van der Waals surface area contributed by atoms with Crippen molar-refractivity contribution in [1.82, 2.24) is 0 Å². The normalized spacial score (nSPS) is 9.46. The van der Waals surface area contributed by atoms with Crippen LogP contribution in [0.5, 0.6) is 0 Å². The first-order valence-corrected chi connectivity index (χ1v) is 10.2. The molecule has 0 amide bonds. The fraction of sp³-hybridized carbons (Fsp3) is 0.900. The van der Waals surface area contributed by atoms with Gasteiger partial charge in [-0.3, -0.25) is 0 Å². The Bertz CT molecular complexity index is 245. The molecule has 6 heteroatoms. The molecule has 0 unspecified atom stereocenters. The van der Waals surface area contributed by atoms with Gasteiger partial charge in [-0.25, -0.2) is 9.59 Å². The van der Waals surface area contributed by atoms with Gasteiger partial charge in [0.25, 0.3) is 0 Å². The van der Waals surface area contributed by atoms with Crippen molar-refractivity contribution in [1.29, 1.82) is 0 Å². The lowest BCUT2D eigenvalue weighted by molar-refractivity contribution is 0.135.